The van der Waals surface area contributed by atoms with E-state index in [0.29, 0.717) is 27.9 Å². The van der Waals surface area contributed by atoms with Crippen LogP contribution in [-0.4, -0.2) is 48.4 Å². The number of carbonyl (C=O) groups is 2. The third-order valence-electron chi connectivity index (χ3n) is 4.91. The number of amides is 1. The quantitative estimate of drug-likeness (QED) is 0.530. The Kier molecular flexibility index (Phi) is 7.32. The Morgan fingerprint density at radius 3 is 2.50 bits per heavy atom. The van der Waals surface area contributed by atoms with E-state index in [1.54, 1.807) is 19.1 Å². The molecule has 3 rings (SSSR count). The van der Waals surface area contributed by atoms with Crippen LogP contribution in [0.3, 0.4) is 0 Å². The van der Waals surface area contributed by atoms with Crippen LogP contribution in [0.25, 0.3) is 10.9 Å². The maximum absolute atomic E-state index is 13.3. The number of aliphatic hydroxyl groups excluding tert-OH is 1. The molecule has 2 N–H and O–H groups in total. The summed E-state index contributed by atoms with van der Waals surface area (Å²) in [5.74, 6) is -0.440. The molecular formula is C22H21ClF2N2O5. The van der Waals surface area contributed by atoms with Crippen molar-refractivity contribution in [1.82, 2.24) is 9.88 Å². The number of alkyl halides is 2. The lowest BCUT2D eigenvalue weighted by Gasteiger charge is -2.10. The SMILES string of the molecule is COc1cc2c(CC(=O)NCCO)c(C)n(C(=O)c3ccc(OC(F)F)cc3)c2cc1Cl. The summed E-state index contributed by atoms with van der Waals surface area (Å²) >= 11 is 6.29. The summed E-state index contributed by atoms with van der Waals surface area (Å²) in [6.45, 7) is -1.36. The number of nitrogens with zero attached hydrogens (tertiary/aromatic N) is 1. The summed E-state index contributed by atoms with van der Waals surface area (Å²) in [7, 11) is 1.46. The van der Waals surface area contributed by atoms with Gasteiger partial charge in [-0.2, -0.15) is 8.78 Å². The van der Waals surface area contributed by atoms with Gasteiger partial charge < -0.3 is 19.9 Å². The van der Waals surface area contributed by atoms with Crippen molar-refractivity contribution in [3.8, 4) is 11.5 Å². The van der Waals surface area contributed by atoms with E-state index in [2.05, 4.69) is 10.1 Å². The standard InChI is InChI=1S/C22H21ClF2N2O5/c1-12-15(10-20(29)26-7-8-28)16-9-19(31-2)17(23)11-18(16)27(12)21(30)13-3-5-14(6-4-13)32-22(24)25/h3-6,9,11,22,28H,7-8,10H2,1-2H3,(H,26,29). The molecule has 0 spiro atoms. The van der Waals surface area contributed by atoms with Gasteiger partial charge in [0.15, 0.2) is 0 Å². The minimum absolute atomic E-state index is 0.0332. The molecule has 2 aromatic carbocycles. The highest BCUT2D eigenvalue weighted by Crippen LogP contribution is 2.35. The summed E-state index contributed by atoms with van der Waals surface area (Å²) in [6.07, 6.45) is -0.0332. The number of halogens is 3. The number of carbonyl (C=O) groups excluding carboxylic acids is 2. The molecule has 1 heterocycles. The molecule has 0 atom stereocenters. The molecule has 0 saturated heterocycles. The molecule has 0 radical (unpaired) electrons. The molecule has 0 aliphatic carbocycles. The van der Waals surface area contributed by atoms with Crippen LogP contribution >= 0.6 is 11.6 Å². The third kappa shape index (κ3) is 4.84. The molecule has 0 aliphatic heterocycles. The number of aromatic nitrogens is 1. The van der Waals surface area contributed by atoms with E-state index in [-0.39, 0.29) is 41.8 Å². The highest BCUT2D eigenvalue weighted by Gasteiger charge is 2.23. The molecule has 0 aliphatic rings. The molecule has 0 bridgehead atoms. The van der Waals surface area contributed by atoms with E-state index >= 15 is 0 Å². The number of aliphatic hydroxyl groups is 1. The van der Waals surface area contributed by atoms with E-state index in [4.69, 9.17) is 21.4 Å². The van der Waals surface area contributed by atoms with Crippen LogP contribution in [0.2, 0.25) is 5.02 Å². The second-order valence-corrected chi connectivity index (χ2v) is 7.27. The number of ether oxygens (including phenoxy) is 2. The summed E-state index contributed by atoms with van der Waals surface area (Å²) in [4.78, 5) is 25.6. The van der Waals surface area contributed by atoms with Crippen LogP contribution in [0, 0.1) is 6.92 Å². The van der Waals surface area contributed by atoms with Crippen molar-refractivity contribution >= 4 is 34.3 Å². The van der Waals surface area contributed by atoms with Crippen molar-refractivity contribution in [3.63, 3.8) is 0 Å². The van der Waals surface area contributed by atoms with Gasteiger partial charge in [0.1, 0.15) is 11.5 Å². The van der Waals surface area contributed by atoms with Gasteiger partial charge in [-0.1, -0.05) is 11.6 Å². The Hall–Kier alpha value is -3.17. The lowest BCUT2D eigenvalue weighted by Crippen LogP contribution is -2.28. The summed E-state index contributed by atoms with van der Waals surface area (Å²) < 4.78 is 35.8. The van der Waals surface area contributed by atoms with Crippen molar-refractivity contribution in [2.24, 2.45) is 0 Å². The fourth-order valence-corrected chi connectivity index (χ4v) is 3.68. The number of nitrogens with one attached hydrogen (secondary N) is 1. The third-order valence-corrected chi connectivity index (χ3v) is 5.20. The first kappa shape index (κ1) is 23.5. The Morgan fingerprint density at radius 2 is 1.91 bits per heavy atom. The maximum atomic E-state index is 13.3. The molecule has 10 heteroatoms. The minimum atomic E-state index is -2.97. The summed E-state index contributed by atoms with van der Waals surface area (Å²) in [6, 6.07) is 8.54. The van der Waals surface area contributed by atoms with Crippen molar-refractivity contribution in [2.45, 2.75) is 20.0 Å². The van der Waals surface area contributed by atoms with Gasteiger partial charge in [0.25, 0.3) is 5.91 Å². The van der Waals surface area contributed by atoms with Crippen molar-refractivity contribution in [1.29, 1.82) is 0 Å². The molecule has 3 aromatic rings. The number of hydrogen-bond acceptors (Lipinski definition) is 5. The predicted molar refractivity (Wildman–Crippen MR) is 115 cm³/mol. The molecule has 32 heavy (non-hydrogen) atoms. The number of fused-ring (bicyclic) bond motifs is 1. The molecule has 170 valence electrons. The average molecular weight is 467 g/mol. The Balaban J connectivity index is 2.09. The second kappa shape index (κ2) is 9.97. The van der Waals surface area contributed by atoms with Crippen LogP contribution in [0.4, 0.5) is 8.78 Å². The predicted octanol–water partition coefficient (Wildman–Crippen LogP) is 3.55. The Bertz CT molecular complexity index is 1150. The fourth-order valence-electron chi connectivity index (χ4n) is 3.45. The van der Waals surface area contributed by atoms with Crippen LogP contribution < -0.4 is 14.8 Å². The van der Waals surface area contributed by atoms with Crippen LogP contribution in [0.5, 0.6) is 11.5 Å². The van der Waals surface area contributed by atoms with E-state index in [1.807, 2.05) is 0 Å². The van der Waals surface area contributed by atoms with Gasteiger partial charge in [-0.25, -0.2) is 0 Å². The monoisotopic (exact) mass is 466 g/mol. The Labute approximate surface area is 187 Å². The first-order valence-electron chi connectivity index (χ1n) is 9.61. The molecule has 0 unspecified atom stereocenters. The highest BCUT2D eigenvalue weighted by molar-refractivity contribution is 6.33. The first-order valence-corrected chi connectivity index (χ1v) is 9.99. The average Bonchev–Trinajstić information content (AvgIpc) is 3.01. The van der Waals surface area contributed by atoms with Gasteiger partial charge in [0.2, 0.25) is 5.91 Å². The summed E-state index contributed by atoms with van der Waals surface area (Å²) in [5, 5.41) is 12.4. The normalized spacial score (nSPS) is 11.1. The van der Waals surface area contributed by atoms with Crippen LogP contribution in [0.15, 0.2) is 36.4 Å². The van der Waals surface area contributed by atoms with E-state index in [9.17, 15) is 18.4 Å². The van der Waals surface area contributed by atoms with E-state index in [0.717, 1.165) is 0 Å². The smallest absolute Gasteiger partial charge is 0.387 e. The second-order valence-electron chi connectivity index (χ2n) is 6.86. The fraction of sp³-hybridized carbons (Fsp3) is 0.273. The van der Waals surface area contributed by atoms with Crippen molar-refractivity contribution < 1.29 is 33.0 Å². The number of hydrogen-bond donors (Lipinski definition) is 2. The van der Waals surface area contributed by atoms with Crippen LogP contribution in [-0.2, 0) is 11.2 Å². The topological polar surface area (TPSA) is 89.8 Å². The molecule has 0 saturated carbocycles. The van der Waals surface area contributed by atoms with Crippen LogP contribution in [0.1, 0.15) is 21.6 Å². The zero-order valence-electron chi connectivity index (χ0n) is 17.3. The molecule has 1 aromatic heterocycles. The van der Waals surface area contributed by atoms with Gasteiger partial charge in [-0.3, -0.25) is 14.2 Å². The molecular weight excluding hydrogens is 446 g/mol. The molecule has 1 amide bonds. The molecule has 0 fully saturated rings. The minimum Gasteiger partial charge on any atom is -0.495 e. The zero-order valence-corrected chi connectivity index (χ0v) is 18.1. The number of benzene rings is 2. The summed E-state index contributed by atoms with van der Waals surface area (Å²) in [5.41, 5.74) is 1.81. The van der Waals surface area contributed by atoms with Gasteiger partial charge in [0.05, 0.1) is 30.7 Å². The van der Waals surface area contributed by atoms with Gasteiger partial charge in [-0.05, 0) is 48.9 Å². The van der Waals surface area contributed by atoms with Crippen molar-refractivity contribution in [2.75, 3.05) is 20.3 Å². The first-order chi connectivity index (χ1) is 15.3. The Morgan fingerprint density at radius 1 is 1.22 bits per heavy atom. The van der Waals surface area contributed by atoms with E-state index < -0.39 is 12.5 Å². The lowest BCUT2D eigenvalue weighted by molar-refractivity contribution is -0.120. The lowest BCUT2D eigenvalue weighted by atomic mass is 10.1. The molecule has 7 nitrogen and oxygen atoms in total. The number of rotatable bonds is 8. The van der Waals surface area contributed by atoms with Gasteiger partial charge in [0, 0.05) is 23.2 Å². The van der Waals surface area contributed by atoms with Gasteiger partial charge >= 0.3 is 6.61 Å². The van der Waals surface area contributed by atoms with E-state index in [1.165, 1.54) is 35.9 Å². The maximum Gasteiger partial charge on any atom is 0.387 e. The van der Waals surface area contributed by atoms with Gasteiger partial charge in [-0.15, -0.1) is 0 Å². The zero-order chi connectivity index (χ0) is 23.4. The van der Waals surface area contributed by atoms with Crippen molar-refractivity contribution in [3.05, 3.63) is 58.2 Å². The largest absolute Gasteiger partial charge is 0.495 e. The highest BCUT2D eigenvalue weighted by atomic mass is 35.5. The number of methoxy groups -OCH3 is 1.